The number of alkyl halides is 2. The van der Waals surface area contributed by atoms with Gasteiger partial charge in [0.15, 0.2) is 0 Å². The quantitative estimate of drug-likeness (QED) is 0.615. The molecule has 1 rings (SSSR count). The third kappa shape index (κ3) is 2.73. The van der Waals surface area contributed by atoms with E-state index in [1.807, 2.05) is 0 Å². The average molecular weight is 216 g/mol. The molecule has 14 heavy (non-hydrogen) atoms. The molecule has 1 nitrogen and oxygen atoms in total. The lowest BCUT2D eigenvalue weighted by Crippen LogP contribution is -2.03. The molecule has 1 N–H and O–H groups in total. The van der Waals surface area contributed by atoms with E-state index in [0.29, 0.717) is 28.3 Å². The Morgan fingerprint density at radius 3 is 2.64 bits per heavy atom. The van der Waals surface area contributed by atoms with Crippen molar-refractivity contribution in [3.63, 3.8) is 0 Å². The Bertz CT molecular complexity index is 350. The molecule has 76 valence electrons. The minimum atomic E-state index is -3.00. The summed E-state index contributed by atoms with van der Waals surface area (Å²) in [7, 11) is 0. The van der Waals surface area contributed by atoms with Crippen molar-refractivity contribution in [2.75, 3.05) is 0 Å². The number of rotatable bonds is 3. The molecule has 0 aromatic heterocycles. The van der Waals surface area contributed by atoms with Crippen LogP contribution in [0.2, 0.25) is 0 Å². The zero-order chi connectivity index (χ0) is 10.8. The number of phenols is 1. The molecule has 0 saturated heterocycles. The van der Waals surface area contributed by atoms with Crippen LogP contribution in [0.15, 0.2) is 35.7 Å². The summed E-state index contributed by atoms with van der Waals surface area (Å²) in [5.41, 5.74) is 0.663. The van der Waals surface area contributed by atoms with Gasteiger partial charge in [0.05, 0.1) is 0 Å². The van der Waals surface area contributed by atoms with Crippen molar-refractivity contribution >= 4 is 11.8 Å². The fourth-order valence-corrected chi connectivity index (χ4v) is 1.56. The van der Waals surface area contributed by atoms with Crippen LogP contribution in [0, 0.1) is 6.92 Å². The summed E-state index contributed by atoms with van der Waals surface area (Å²) >= 11 is 0.357. The van der Waals surface area contributed by atoms with Gasteiger partial charge in [-0.3, -0.25) is 0 Å². The van der Waals surface area contributed by atoms with E-state index < -0.39 is 5.25 Å². The number of aryl methyl sites for hydroxylation is 1. The fraction of sp³-hybridized carbons (Fsp3) is 0.200. The molecule has 1 aromatic rings. The molecule has 0 atom stereocenters. The third-order valence-corrected chi connectivity index (χ3v) is 2.60. The topological polar surface area (TPSA) is 20.2 Å². The molecule has 4 heteroatoms. The zero-order valence-corrected chi connectivity index (χ0v) is 8.44. The fourth-order valence-electron chi connectivity index (χ4n) is 0.851. The van der Waals surface area contributed by atoms with E-state index in [1.54, 1.807) is 13.0 Å². The highest BCUT2D eigenvalue weighted by molar-refractivity contribution is 8.00. The van der Waals surface area contributed by atoms with Crippen molar-refractivity contribution < 1.29 is 13.9 Å². The Hall–Kier alpha value is -1.03. The number of aromatic hydroxyl groups is 1. The van der Waals surface area contributed by atoms with Gasteiger partial charge < -0.3 is 5.11 Å². The van der Waals surface area contributed by atoms with E-state index in [4.69, 9.17) is 0 Å². The molecule has 0 radical (unpaired) electrons. The zero-order valence-electron chi connectivity index (χ0n) is 7.63. The molecule has 0 bridgehead atoms. The molecule has 1 aromatic carbocycles. The van der Waals surface area contributed by atoms with E-state index in [2.05, 4.69) is 6.58 Å². The third-order valence-electron chi connectivity index (χ3n) is 1.67. The molecule has 0 aliphatic heterocycles. The van der Waals surface area contributed by atoms with Crippen LogP contribution in [-0.4, -0.2) is 10.4 Å². The summed E-state index contributed by atoms with van der Waals surface area (Å²) in [6, 6.07) is 4.45. The van der Waals surface area contributed by atoms with Gasteiger partial charge in [0.25, 0.3) is 0 Å². The van der Waals surface area contributed by atoms with Crippen LogP contribution in [0.25, 0.3) is 0 Å². The Morgan fingerprint density at radius 2 is 2.14 bits per heavy atom. The molecular weight excluding hydrogens is 206 g/mol. The molecule has 0 aliphatic carbocycles. The second-order valence-corrected chi connectivity index (χ2v) is 4.04. The molecule has 0 unspecified atom stereocenters. The predicted octanol–water partition coefficient (Wildman–Crippen LogP) is 3.57. The van der Waals surface area contributed by atoms with Gasteiger partial charge in [0, 0.05) is 4.90 Å². The number of hydrogen-bond acceptors (Lipinski definition) is 2. The first kappa shape index (κ1) is 11.0. The van der Waals surface area contributed by atoms with Crippen LogP contribution in [0.4, 0.5) is 8.78 Å². The first-order chi connectivity index (χ1) is 6.44. The Balaban J connectivity index is 2.88. The smallest absolute Gasteiger partial charge is 0.316 e. The minimum Gasteiger partial charge on any atom is -0.508 e. The molecule has 0 aliphatic rings. The number of thioether (sulfide) groups is 1. The number of phenolic OH excluding ortho intramolecular Hbond substituents is 1. The van der Waals surface area contributed by atoms with Crippen molar-refractivity contribution in [3.05, 3.63) is 36.4 Å². The predicted molar refractivity (Wildman–Crippen MR) is 53.8 cm³/mol. The highest BCUT2D eigenvalue weighted by Gasteiger charge is 2.25. The first-order valence-electron chi connectivity index (χ1n) is 3.94. The standard InChI is InChI=1S/C10H10F2OS/c1-3-10(11,12)14-8-5-4-7(2)9(13)6-8/h3-6,13H,1H2,2H3. The number of benzene rings is 1. The van der Waals surface area contributed by atoms with Gasteiger partial charge in [0.2, 0.25) is 0 Å². The van der Waals surface area contributed by atoms with Gasteiger partial charge >= 0.3 is 5.25 Å². The molecular formula is C10H10F2OS. The largest absolute Gasteiger partial charge is 0.508 e. The highest BCUT2D eigenvalue weighted by Crippen LogP contribution is 2.38. The van der Waals surface area contributed by atoms with E-state index >= 15 is 0 Å². The van der Waals surface area contributed by atoms with Gasteiger partial charge in [-0.1, -0.05) is 12.6 Å². The number of hydrogen-bond donors (Lipinski definition) is 1. The first-order valence-corrected chi connectivity index (χ1v) is 4.76. The normalized spacial score (nSPS) is 11.4. The lowest BCUT2D eigenvalue weighted by Gasteiger charge is -2.10. The maximum atomic E-state index is 12.8. The van der Waals surface area contributed by atoms with Crippen molar-refractivity contribution in [1.29, 1.82) is 0 Å². The van der Waals surface area contributed by atoms with E-state index in [0.717, 1.165) is 0 Å². The van der Waals surface area contributed by atoms with Gasteiger partial charge in [-0.05, 0) is 42.5 Å². The Labute approximate surface area is 85.4 Å². The van der Waals surface area contributed by atoms with E-state index in [-0.39, 0.29) is 5.75 Å². The Kier molecular flexibility index (Phi) is 3.16. The molecule has 0 saturated carbocycles. The monoisotopic (exact) mass is 216 g/mol. The van der Waals surface area contributed by atoms with Crippen molar-refractivity contribution in [1.82, 2.24) is 0 Å². The van der Waals surface area contributed by atoms with E-state index in [9.17, 15) is 13.9 Å². The summed E-state index contributed by atoms with van der Waals surface area (Å²) < 4.78 is 25.7. The lowest BCUT2D eigenvalue weighted by atomic mass is 10.2. The molecule has 0 fully saturated rings. The van der Waals surface area contributed by atoms with Crippen molar-refractivity contribution in [3.8, 4) is 5.75 Å². The summed E-state index contributed by atoms with van der Waals surface area (Å²) in [4.78, 5) is 0.318. The maximum absolute atomic E-state index is 12.8. The summed E-state index contributed by atoms with van der Waals surface area (Å²) in [5.74, 6) is 0.0230. The van der Waals surface area contributed by atoms with Crippen LogP contribution < -0.4 is 0 Å². The second-order valence-electron chi connectivity index (χ2n) is 2.82. The van der Waals surface area contributed by atoms with Crippen molar-refractivity contribution in [2.45, 2.75) is 17.1 Å². The van der Waals surface area contributed by atoms with Crippen LogP contribution in [-0.2, 0) is 0 Å². The minimum absolute atomic E-state index is 0.0230. The van der Waals surface area contributed by atoms with Crippen LogP contribution in [0.1, 0.15) is 5.56 Å². The summed E-state index contributed by atoms with van der Waals surface area (Å²) in [6.45, 7) is 4.74. The molecule has 0 heterocycles. The average Bonchev–Trinajstić information content (AvgIpc) is 2.11. The Morgan fingerprint density at radius 1 is 1.50 bits per heavy atom. The molecule has 0 amide bonds. The van der Waals surface area contributed by atoms with E-state index in [1.165, 1.54) is 12.1 Å². The maximum Gasteiger partial charge on any atom is 0.316 e. The van der Waals surface area contributed by atoms with Gasteiger partial charge in [-0.15, -0.1) is 0 Å². The SMILES string of the molecule is C=CC(F)(F)Sc1ccc(C)c(O)c1. The lowest BCUT2D eigenvalue weighted by molar-refractivity contribution is 0.163. The summed E-state index contributed by atoms with van der Waals surface area (Å²) in [6.07, 6.45) is 0.578. The highest BCUT2D eigenvalue weighted by atomic mass is 32.2. The number of halogens is 2. The van der Waals surface area contributed by atoms with Crippen molar-refractivity contribution in [2.24, 2.45) is 0 Å². The van der Waals surface area contributed by atoms with Crippen LogP contribution in [0.5, 0.6) is 5.75 Å². The second kappa shape index (κ2) is 4.00. The van der Waals surface area contributed by atoms with Gasteiger partial charge in [-0.2, -0.15) is 8.78 Å². The molecule has 0 spiro atoms. The van der Waals surface area contributed by atoms with Crippen LogP contribution in [0.3, 0.4) is 0 Å². The summed E-state index contributed by atoms with van der Waals surface area (Å²) in [5, 5.41) is 6.29. The van der Waals surface area contributed by atoms with Crippen LogP contribution >= 0.6 is 11.8 Å². The van der Waals surface area contributed by atoms with Gasteiger partial charge in [0.1, 0.15) is 5.75 Å². The van der Waals surface area contributed by atoms with Gasteiger partial charge in [-0.25, -0.2) is 0 Å².